The summed E-state index contributed by atoms with van der Waals surface area (Å²) in [6.07, 6.45) is 1.07. The molecular weight excluding hydrogens is 314 g/mol. The lowest BCUT2D eigenvalue weighted by atomic mass is 10.1. The first kappa shape index (κ1) is 17.4. The van der Waals surface area contributed by atoms with E-state index in [4.69, 9.17) is 0 Å². The number of carbonyl (C=O) groups excluding carboxylic acids is 1. The number of aromatic amines is 1. The van der Waals surface area contributed by atoms with Crippen LogP contribution in [-0.2, 0) is 6.54 Å². The minimum absolute atomic E-state index is 0.181. The van der Waals surface area contributed by atoms with Crippen LogP contribution in [0.4, 0.5) is 0 Å². The number of aromatic nitrogens is 1. The van der Waals surface area contributed by atoms with Crippen molar-refractivity contribution in [3.63, 3.8) is 0 Å². The Kier molecular flexibility index (Phi) is 5.34. The van der Waals surface area contributed by atoms with Crippen LogP contribution in [-0.4, -0.2) is 35.4 Å². The van der Waals surface area contributed by atoms with E-state index in [-0.39, 0.29) is 17.0 Å². The third-order valence-electron chi connectivity index (χ3n) is 4.88. The molecule has 1 atom stereocenters. The minimum atomic E-state index is -0.329. The summed E-state index contributed by atoms with van der Waals surface area (Å²) in [6, 6.07) is 11.8. The molecule has 25 heavy (non-hydrogen) atoms. The molecule has 2 aromatic rings. The number of nitrogens with zero attached hydrogens (tertiary/aromatic N) is 1. The summed E-state index contributed by atoms with van der Waals surface area (Å²) in [7, 11) is 0. The van der Waals surface area contributed by atoms with E-state index in [1.807, 2.05) is 0 Å². The predicted octanol–water partition coefficient (Wildman–Crippen LogP) is 2.24. The zero-order valence-electron chi connectivity index (χ0n) is 14.8. The Morgan fingerprint density at radius 2 is 2.04 bits per heavy atom. The van der Waals surface area contributed by atoms with Gasteiger partial charge in [-0.2, -0.15) is 0 Å². The third-order valence-corrected chi connectivity index (χ3v) is 4.88. The molecule has 0 saturated carbocycles. The number of nitrogens with one attached hydrogen (secondary N) is 2. The van der Waals surface area contributed by atoms with E-state index < -0.39 is 0 Å². The molecule has 2 N–H and O–H groups in total. The molecule has 1 aromatic carbocycles. The summed E-state index contributed by atoms with van der Waals surface area (Å²) in [5.74, 6) is 0.135. The average Bonchev–Trinajstić information content (AvgIpc) is 3.02. The quantitative estimate of drug-likeness (QED) is 0.878. The zero-order chi connectivity index (χ0) is 17.8. The number of pyridine rings is 1. The van der Waals surface area contributed by atoms with Gasteiger partial charge in [0.25, 0.3) is 11.5 Å². The Hall–Kier alpha value is -2.40. The number of amides is 1. The van der Waals surface area contributed by atoms with Gasteiger partial charge in [-0.1, -0.05) is 24.3 Å². The number of likely N-dealkylation sites (tertiary alicyclic amines) is 1. The lowest BCUT2D eigenvalue weighted by Crippen LogP contribution is -2.34. The van der Waals surface area contributed by atoms with E-state index in [0.29, 0.717) is 12.5 Å². The van der Waals surface area contributed by atoms with E-state index in [0.717, 1.165) is 31.7 Å². The molecule has 1 aliphatic rings. The molecule has 5 heteroatoms. The molecular formula is C20H25N3O2. The molecule has 0 aliphatic carbocycles. The van der Waals surface area contributed by atoms with Gasteiger partial charge in [0.05, 0.1) is 0 Å². The van der Waals surface area contributed by atoms with Gasteiger partial charge in [-0.15, -0.1) is 0 Å². The van der Waals surface area contributed by atoms with Gasteiger partial charge < -0.3 is 10.3 Å². The monoisotopic (exact) mass is 339 g/mol. The first-order chi connectivity index (χ1) is 12.0. The fourth-order valence-corrected chi connectivity index (χ4v) is 3.33. The van der Waals surface area contributed by atoms with Crippen LogP contribution in [0, 0.1) is 19.8 Å². The lowest BCUT2D eigenvalue weighted by Gasteiger charge is -2.17. The van der Waals surface area contributed by atoms with Gasteiger partial charge in [0.15, 0.2) is 0 Å². The molecule has 1 amide bonds. The fraction of sp³-hybridized carbons (Fsp3) is 0.400. The SMILES string of the molecule is Cc1ccc(C(=O)NC[C@H]2CCN(Cc3ccccc3C)C2)c(=O)[nH]1. The second-order valence-corrected chi connectivity index (χ2v) is 6.91. The van der Waals surface area contributed by atoms with Crippen molar-refractivity contribution in [2.45, 2.75) is 26.8 Å². The van der Waals surface area contributed by atoms with Crippen molar-refractivity contribution in [3.8, 4) is 0 Å². The number of rotatable bonds is 5. The Bertz CT molecular complexity index is 813. The summed E-state index contributed by atoms with van der Waals surface area (Å²) in [6.45, 7) is 7.51. The van der Waals surface area contributed by atoms with Crippen LogP contribution in [0.25, 0.3) is 0 Å². The molecule has 132 valence electrons. The highest BCUT2D eigenvalue weighted by Crippen LogP contribution is 2.19. The summed E-state index contributed by atoms with van der Waals surface area (Å²) >= 11 is 0. The molecule has 2 heterocycles. The van der Waals surface area contributed by atoms with Crippen LogP contribution in [0.3, 0.4) is 0 Å². The highest BCUT2D eigenvalue weighted by molar-refractivity contribution is 5.93. The van der Waals surface area contributed by atoms with Gasteiger partial charge in [0, 0.05) is 25.3 Å². The zero-order valence-corrected chi connectivity index (χ0v) is 14.8. The number of benzene rings is 1. The predicted molar refractivity (Wildman–Crippen MR) is 98.7 cm³/mol. The molecule has 0 unspecified atom stereocenters. The van der Waals surface area contributed by atoms with Crippen LogP contribution in [0.2, 0.25) is 0 Å². The molecule has 1 aromatic heterocycles. The summed E-state index contributed by atoms with van der Waals surface area (Å²) in [5.41, 5.74) is 3.28. The first-order valence-corrected chi connectivity index (χ1v) is 8.78. The van der Waals surface area contributed by atoms with Gasteiger partial charge in [-0.25, -0.2) is 0 Å². The van der Waals surface area contributed by atoms with Gasteiger partial charge >= 0.3 is 0 Å². The maximum Gasteiger partial charge on any atom is 0.260 e. The number of H-pyrrole nitrogens is 1. The summed E-state index contributed by atoms with van der Waals surface area (Å²) in [4.78, 5) is 29.1. The molecule has 1 fully saturated rings. The van der Waals surface area contributed by atoms with Gasteiger partial charge in [-0.3, -0.25) is 14.5 Å². The van der Waals surface area contributed by atoms with Crippen LogP contribution >= 0.6 is 0 Å². The van der Waals surface area contributed by atoms with Crippen molar-refractivity contribution in [1.29, 1.82) is 0 Å². The van der Waals surface area contributed by atoms with Gasteiger partial charge in [0.1, 0.15) is 5.56 Å². The number of hydrogen-bond donors (Lipinski definition) is 2. The molecule has 1 aliphatic heterocycles. The summed E-state index contributed by atoms with van der Waals surface area (Å²) in [5, 5.41) is 2.91. The molecule has 0 spiro atoms. The van der Waals surface area contributed by atoms with Crippen molar-refractivity contribution >= 4 is 5.91 Å². The largest absolute Gasteiger partial charge is 0.352 e. The topological polar surface area (TPSA) is 65.2 Å². The van der Waals surface area contributed by atoms with Crippen LogP contribution < -0.4 is 10.9 Å². The molecule has 5 nitrogen and oxygen atoms in total. The second-order valence-electron chi connectivity index (χ2n) is 6.91. The van der Waals surface area contributed by atoms with Crippen molar-refractivity contribution in [2.24, 2.45) is 5.92 Å². The van der Waals surface area contributed by atoms with Crippen molar-refractivity contribution in [1.82, 2.24) is 15.2 Å². The van der Waals surface area contributed by atoms with Crippen molar-refractivity contribution in [3.05, 3.63) is 69.1 Å². The minimum Gasteiger partial charge on any atom is -0.352 e. The van der Waals surface area contributed by atoms with E-state index in [9.17, 15) is 9.59 Å². The first-order valence-electron chi connectivity index (χ1n) is 8.78. The van der Waals surface area contributed by atoms with Crippen molar-refractivity contribution < 1.29 is 4.79 Å². The average molecular weight is 339 g/mol. The normalized spacial score (nSPS) is 17.6. The maximum absolute atomic E-state index is 12.2. The standard InChI is InChI=1S/C20H25N3O2/c1-14-5-3-4-6-17(14)13-23-10-9-16(12-23)11-21-19(24)18-8-7-15(2)22-20(18)25/h3-8,16H,9-13H2,1-2H3,(H,21,24)(H,22,25)/t16-/m1/s1. The van der Waals surface area contributed by atoms with Crippen LogP contribution in [0.15, 0.2) is 41.2 Å². The second kappa shape index (κ2) is 7.66. The number of carbonyl (C=O) groups is 1. The van der Waals surface area contributed by atoms with E-state index in [1.54, 1.807) is 19.1 Å². The van der Waals surface area contributed by atoms with E-state index in [1.165, 1.54) is 11.1 Å². The van der Waals surface area contributed by atoms with Crippen molar-refractivity contribution in [2.75, 3.05) is 19.6 Å². The summed E-state index contributed by atoms with van der Waals surface area (Å²) < 4.78 is 0. The molecule has 0 radical (unpaired) electrons. The van der Waals surface area contributed by atoms with Gasteiger partial charge in [0.2, 0.25) is 0 Å². The molecule has 0 bridgehead atoms. The van der Waals surface area contributed by atoms with Crippen LogP contribution in [0.5, 0.6) is 0 Å². The molecule has 1 saturated heterocycles. The Labute approximate surface area is 148 Å². The number of hydrogen-bond acceptors (Lipinski definition) is 3. The highest BCUT2D eigenvalue weighted by Gasteiger charge is 2.23. The fourth-order valence-electron chi connectivity index (χ4n) is 3.33. The number of aryl methyl sites for hydroxylation is 2. The Morgan fingerprint density at radius 1 is 1.24 bits per heavy atom. The molecule has 3 rings (SSSR count). The van der Waals surface area contributed by atoms with Gasteiger partial charge in [-0.05, 0) is 56.0 Å². The maximum atomic E-state index is 12.2. The highest BCUT2D eigenvalue weighted by atomic mass is 16.2. The van der Waals surface area contributed by atoms with Crippen LogP contribution in [0.1, 0.15) is 33.6 Å². The van der Waals surface area contributed by atoms with E-state index in [2.05, 4.69) is 46.4 Å². The smallest absolute Gasteiger partial charge is 0.260 e. The Morgan fingerprint density at radius 3 is 2.80 bits per heavy atom. The lowest BCUT2D eigenvalue weighted by molar-refractivity contribution is 0.0945. The van der Waals surface area contributed by atoms with E-state index >= 15 is 0 Å². The third kappa shape index (κ3) is 4.37. The Balaban J connectivity index is 1.51.